The average molecular weight is 350 g/mol. The third-order valence-electron chi connectivity index (χ3n) is 2.15. The van der Waals surface area contributed by atoms with Crippen molar-refractivity contribution in [1.82, 2.24) is 4.98 Å². The van der Waals surface area contributed by atoms with Crippen molar-refractivity contribution in [3.8, 4) is 11.5 Å². The van der Waals surface area contributed by atoms with Gasteiger partial charge < -0.3 is 21.0 Å². The number of nitrogens with two attached hydrogens (primary N) is 1. The number of rotatable bonds is 3. The van der Waals surface area contributed by atoms with Gasteiger partial charge in [0.15, 0.2) is 6.03 Å². The number of methoxy groups -OCH3 is 1. The molecule has 0 saturated carbocycles. The number of pyridine rings is 1. The summed E-state index contributed by atoms with van der Waals surface area (Å²) in [6, 6.07) is 9.50. The number of carbonyl (C=O) groups is 1. The fraction of sp³-hybridized carbons (Fsp3) is 0.0714. The predicted octanol–water partition coefficient (Wildman–Crippen LogP) is 1.63. The van der Waals surface area contributed by atoms with Crippen LogP contribution in [0.4, 0.5) is 4.79 Å². The van der Waals surface area contributed by atoms with E-state index < -0.39 is 6.03 Å². The molecule has 1 aromatic heterocycles. The second-order valence-corrected chi connectivity index (χ2v) is 3.59. The number of primary amides is 1. The Labute approximate surface area is 138 Å². The van der Waals surface area contributed by atoms with E-state index in [-0.39, 0.29) is 34.1 Å². The number of amides is 2. The van der Waals surface area contributed by atoms with Gasteiger partial charge >= 0.3 is 17.1 Å². The zero-order valence-corrected chi connectivity index (χ0v) is 12.6. The van der Waals surface area contributed by atoms with Gasteiger partial charge in [0.05, 0.1) is 7.11 Å². The molecule has 0 spiro atoms. The smallest absolute Gasteiger partial charge is 0.870 e. The number of aromatic nitrogens is 1. The van der Waals surface area contributed by atoms with Crippen LogP contribution in [0.25, 0.3) is 5.43 Å². The largest absolute Gasteiger partial charge is 2.00 e. The van der Waals surface area contributed by atoms with Gasteiger partial charge in [-0.1, -0.05) is 23.9 Å². The zero-order valence-electron chi connectivity index (χ0n) is 11.6. The van der Waals surface area contributed by atoms with Crippen molar-refractivity contribution in [2.45, 2.75) is 0 Å². The summed E-state index contributed by atoms with van der Waals surface area (Å²) >= 11 is 0. The molecule has 2 N–H and O–H groups in total. The Bertz CT molecular complexity index is 567. The third kappa shape index (κ3) is 7.28. The minimum Gasteiger partial charge on any atom is -0.870 e. The summed E-state index contributed by atoms with van der Waals surface area (Å²) in [5.74, 6) is -0.110. The van der Waals surface area contributed by atoms with Gasteiger partial charge in [-0.15, -0.1) is 0 Å². The molecule has 0 aliphatic heterocycles. The van der Waals surface area contributed by atoms with Gasteiger partial charge in [-0.3, -0.25) is 14.9 Å². The molecule has 0 atom stereocenters. The molecule has 0 saturated heterocycles. The van der Waals surface area contributed by atoms with Crippen LogP contribution in [0.15, 0.2) is 53.9 Å². The van der Waals surface area contributed by atoms with E-state index in [1.165, 1.54) is 19.2 Å². The summed E-state index contributed by atoms with van der Waals surface area (Å²) in [5, 5.41) is 14.8. The molecule has 0 unspecified atom stereocenters. The Morgan fingerprint density at radius 2 is 2.00 bits per heavy atom. The monoisotopic (exact) mass is 349 g/mol. The number of hydrogen-bond acceptors (Lipinski definition) is 5. The molecule has 1 aromatic carbocycles. The number of hydrogen-bond donors (Lipinski definition) is 1. The van der Waals surface area contributed by atoms with Crippen LogP contribution in [0.2, 0.25) is 0 Å². The molecule has 22 heavy (non-hydrogen) atoms. The van der Waals surface area contributed by atoms with E-state index in [0.29, 0.717) is 0 Å². The topological polar surface area (TPSA) is 115 Å². The van der Waals surface area contributed by atoms with Crippen molar-refractivity contribution < 1.29 is 31.7 Å². The second-order valence-electron chi connectivity index (χ2n) is 3.59. The molecular formula is C14H14CuN4O3. The fourth-order valence-electron chi connectivity index (χ4n) is 1.26. The summed E-state index contributed by atoms with van der Waals surface area (Å²) in [5.41, 5.74) is 8.05. The third-order valence-corrected chi connectivity index (χ3v) is 2.15. The normalized spacial score (nSPS) is 9.14. The van der Waals surface area contributed by atoms with Gasteiger partial charge in [0.2, 0.25) is 0 Å². The van der Waals surface area contributed by atoms with Gasteiger partial charge in [0, 0.05) is 18.6 Å². The van der Waals surface area contributed by atoms with E-state index in [1.807, 2.05) is 18.2 Å². The van der Waals surface area contributed by atoms with Crippen molar-refractivity contribution in [2.24, 2.45) is 10.8 Å². The van der Waals surface area contributed by atoms with Crippen LogP contribution in [-0.2, 0) is 17.1 Å². The summed E-state index contributed by atoms with van der Waals surface area (Å²) in [6.07, 6.45) is 4.65. The maximum atomic E-state index is 11.5. The summed E-state index contributed by atoms with van der Waals surface area (Å²) < 4.78 is 4.82. The number of ether oxygens (including phenoxy) is 1. The van der Waals surface area contributed by atoms with Crippen LogP contribution in [-0.4, -0.2) is 24.3 Å². The number of para-hydroxylation sites is 1. The Morgan fingerprint density at radius 1 is 1.32 bits per heavy atom. The summed E-state index contributed by atoms with van der Waals surface area (Å²) in [4.78, 5) is 14.0. The molecule has 2 aromatic rings. The van der Waals surface area contributed by atoms with Crippen molar-refractivity contribution >= 4 is 12.2 Å². The molecule has 1 heterocycles. The Kier molecular flexibility index (Phi) is 9.83. The Morgan fingerprint density at radius 3 is 2.45 bits per heavy atom. The number of benzene rings is 1. The first-order valence-corrected chi connectivity index (χ1v) is 5.87. The van der Waals surface area contributed by atoms with Crippen LogP contribution in [0, 0.1) is 0 Å². The summed E-state index contributed by atoms with van der Waals surface area (Å²) in [7, 11) is 1.39. The first-order valence-electron chi connectivity index (χ1n) is 5.87. The maximum Gasteiger partial charge on any atom is 2.00 e. The molecule has 1 radical (unpaired) electrons. The van der Waals surface area contributed by atoms with E-state index in [2.05, 4.69) is 15.5 Å². The standard InChI is InChI=1S/C9H11N3O3.C5H5N.Cu/c1-15-7-4-2-3-6(8(7)13)5-11-12-9(10)14;1-2-4-6-5-3-1;/h2-5H,1H3,(H4,10,11,12,13,14);1-5H;/q;;+2/p-2. The van der Waals surface area contributed by atoms with Crippen molar-refractivity contribution in [2.75, 3.05) is 7.11 Å². The fourth-order valence-corrected chi connectivity index (χ4v) is 1.26. The van der Waals surface area contributed by atoms with E-state index in [4.69, 9.17) is 10.5 Å². The Balaban J connectivity index is 0.000000529. The molecule has 0 aliphatic rings. The van der Waals surface area contributed by atoms with E-state index >= 15 is 0 Å². The van der Waals surface area contributed by atoms with Crippen LogP contribution >= 0.6 is 0 Å². The number of urea groups is 1. The van der Waals surface area contributed by atoms with Crippen LogP contribution in [0.5, 0.6) is 11.5 Å². The van der Waals surface area contributed by atoms with Gasteiger partial charge in [0.25, 0.3) is 0 Å². The van der Waals surface area contributed by atoms with E-state index in [0.717, 1.165) is 6.21 Å². The predicted molar refractivity (Wildman–Crippen MR) is 77.2 cm³/mol. The second kappa shape index (κ2) is 11.1. The first kappa shape index (κ1) is 19.4. The Hall–Kier alpha value is -2.57. The van der Waals surface area contributed by atoms with Crippen LogP contribution in [0.3, 0.4) is 0 Å². The van der Waals surface area contributed by atoms with Gasteiger partial charge in [-0.2, -0.15) is 0 Å². The molecule has 2 amide bonds. The quantitative estimate of drug-likeness (QED) is 0.515. The van der Waals surface area contributed by atoms with Gasteiger partial charge in [-0.05, 0) is 23.8 Å². The molecule has 0 aliphatic carbocycles. The number of carbonyl (C=O) groups excluding carboxylic acids is 1. The minimum atomic E-state index is -0.915. The van der Waals surface area contributed by atoms with E-state index in [9.17, 15) is 9.90 Å². The number of nitrogens with zero attached hydrogens (tertiary/aromatic N) is 3. The average Bonchev–Trinajstić information content (AvgIpc) is 2.51. The first-order chi connectivity index (χ1) is 10.1. The molecule has 0 bridgehead atoms. The zero-order chi connectivity index (χ0) is 15.5. The molecule has 8 heteroatoms. The molecule has 7 nitrogen and oxygen atoms in total. The van der Waals surface area contributed by atoms with E-state index in [1.54, 1.807) is 18.5 Å². The molecule has 0 fully saturated rings. The molecule has 2 rings (SSSR count). The molecular weight excluding hydrogens is 336 g/mol. The molecule has 119 valence electrons. The van der Waals surface area contributed by atoms with Gasteiger partial charge in [0.1, 0.15) is 5.75 Å². The van der Waals surface area contributed by atoms with Crippen molar-refractivity contribution in [1.29, 1.82) is 0 Å². The van der Waals surface area contributed by atoms with Crippen molar-refractivity contribution in [3.05, 3.63) is 59.8 Å². The summed E-state index contributed by atoms with van der Waals surface area (Å²) in [6.45, 7) is 0. The van der Waals surface area contributed by atoms with Gasteiger partial charge in [-0.25, -0.2) is 0 Å². The minimum absolute atomic E-state index is 0. The maximum absolute atomic E-state index is 11.5. The SMILES string of the molecule is COc1cccc(/C=N/[N-]C(N)=O)c1[O-].[Cu+2].c1ccncc1. The van der Waals surface area contributed by atoms with Crippen molar-refractivity contribution in [3.63, 3.8) is 0 Å². The van der Waals surface area contributed by atoms with Crippen LogP contribution in [0.1, 0.15) is 5.56 Å². The van der Waals surface area contributed by atoms with Crippen LogP contribution < -0.4 is 15.6 Å².